The molecule has 5 heteroatoms. The third-order valence-electron chi connectivity index (χ3n) is 2.24. The molecule has 4 nitrogen and oxygen atoms in total. The SMILES string of the molecule is C=CCN(CCc1ccco1)C(=O)CNC.Cl. The first-order valence-electron chi connectivity index (χ1n) is 5.33. The molecule has 1 heterocycles. The first-order valence-corrected chi connectivity index (χ1v) is 5.33. The van der Waals surface area contributed by atoms with Gasteiger partial charge in [0.15, 0.2) is 0 Å². The second kappa shape index (κ2) is 8.84. The fourth-order valence-corrected chi connectivity index (χ4v) is 1.44. The van der Waals surface area contributed by atoms with Crippen molar-refractivity contribution in [2.45, 2.75) is 6.42 Å². The molecule has 0 saturated heterocycles. The zero-order valence-electron chi connectivity index (χ0n) is 10.0. The van der Waals surface area contributed by atoms with Crippen molar-refractivity contribution in [3.05, 3.63) is 36.8 Å². The first kappa shape index (κ1) is 15.7. The van der Waals surface area contributed by atoms with Gasteiger partial charge in [0.05, 0.1) is 12.8 Å². The Labute approximate surface area is 108 Å². The summed E-state index contributed by atoms with van der Waals surface area (Å²) < 4.78 is 5.22. The van der Waals surface area contributed by atoms with Gasteiger partial charge in [-0.2, -0.15) is 0 Å². The number of carbonyl (C=O) groups is 1. The number of rotatable bonds is 7. The molecule has 0 aliphatic heterocycles. The van der Waals surface area contributed by atoms with Gasteiger partial charge in [-0.25, -0.2) is 0 Å². The van der Waals surface area contributed by atoms with Crippen molar-refractivity contribution in [1.29, 1.82) is 0 Å². The summed E-state index contributed by atoms with van der Waals surface area (Å²) in [7, 11) is 1.76. The Hall–Kier alpha value is -1.26. The minimum atomic E-state index is 0. The van der Waals surface area contributed by atoms with E-state index in [1.165, 1.54) is 0 Å². The molecule has 0 saturated carbocycles. The van der Waals surface area contributed by atoms with E-state index in [-0.39, 0.29) is 18.3 Å². The molecule has 0 fully saturated rings. The molecule has 0 atom stereocenters. The zero-order chi connectivity index (χ0) is 11.8. The van der Waals surface area contributed by atoms with Crippen molar-refractivity contribution in [2.24, 2.45) is 0 Å². The largest absolute Gasteiger partial charge is 0.469 e. The maximum atomic E-state index is 11.7. The van der Waals surface area contributed by atoms with Crippen LogP contribution in [0, 0.1) is 0 Å². The Balaban J connectivity index is 0.00000256. The van der Waals surface area contributed by atoms with E-state index in [4.69, 9.17) is 4.42 Å². The van der Waals surface area contributed by atoms with Crippen molar-refractivity contribution in [3.63, 3.8) is 0 Å². The van der Waals surface area contributed by atoms with Gasteiger partial charge in [-0.05, 0) is 19.2 Å². The molecule has 0 spiro atoms. The number of hydrogen-bond donors (Lipinski definition) is 1. The molecular formula is C12H19ClN2O2. The summed E-state index contributed by atoms with van der Waals surface area (Å²) >= 11 is 0. The lowest BCUT2D eigenvalue weighted by molar-refractivity contribution is -0.129. The number of carbonyl (C=O) groups excluding carboxylic acids is 1. The van der Waals surface area contributed by atoms with Crippen LogP contribution in [0.5, 0.6) is 0 Å². The van der Waals surface area contributed by atoms with Crippen LogP contribution in [0.2, 0.25) is 0 Å². The van der Waals surface area contributed by atoms with Crippen LogP contribution in [0.25, 0.3) is 0 Å². The summed E-state index contributed by atoms with van der Waals surface area (Å²) in [6.07, 6.45) is 4.11. The lowest BCUT2D eigenvalue weighted by Crippen LogP contribution is -2.38. The Morgan fingerprint density at radius 2 is 2.41 bits per heavy atom. The van der Waals surface area contributed by atoms with E-state index in [0.717, 1.165) is 12.2 Å². The average Bonchev–Trinajstić information content (AvgIpc) is 2.77. The molecule has 1 rings (SSSR count). The summed E-state index contributed by atoms with van der Waals surface area (Å²) in [4.78, 5) is 13.4. The summed E-state index contributed by atoms with van der Waals surface area (Å²) in [5.74, 6) is 0.972. The van der Waals surface area contributed by atoms with Gasteiger partial charge < -0.3 is 14.6 Å². The highest BCUT2D eigenvalue weighted by atomic mass is 35.5. The van der Waals surface area contributed by atoms with Crippen LogP contribution in [-0.4, -0.2) is 37.5 Å². The maximum absolute atomic E-state index is 11.7. The van der Waals surface area contributed by atoms with Crippen LogP contribution >= 0.6 is 12.4 Å². The molecule has 0 aliphatic carbocycles. The lowest BCUT2D eigenvalue weighted by atomic mass is 10.3. The third kappa shape index (κ3) is 5.56. The number of nitrogens with one attached hydrogen (secondary N) is 1. The first-order chi connectivity index (χ1) is 7.77. The van der Waals surface area contributed by atoms with Gasteiger partial charge in [-0.3, -0.25) is 4.79 Å². The van der Waals surface area contributed by atoms with Gasteiger partial charge in [0.25, 0.3) is 0 Å². The molecule has 0 aromatic carbocycles. The number of likely N-dealkylation sites (N-methyl/N-ethyl adjacent to an activating group) is 1. The molecular weight excluding hydrogens is 240 g/mol. The van der Waals surface area contributed by atoms with E-state index in [0.29, 0.717) is 19.6 Å². The number of furan rings is 1. The summed E-state index contributed by atoms with van der Waals surface area (Å²) in [6.45, 7) is 5.23. The second-order valence-electron chi connectivity index (χ2n) is 3.49. The van der Waals surface area contributed by atoms with Crippen molar-refractivity contribution in [3.8, 4) is 0 Å². The number of hydrogen-bond acceptors (Lipinski definition) is 3. The predicted molar refractivity (Wildman–Crippen MR) is 70.4 cm³/mol. The molecule has 1 N–H and O–H groups in total. The van der Waals surface area contributed by atoms with Crippen molar-refractivity contribution < 1.29 is 9.21 Å². The second-order valence-corrected chi connectivity index (χ2v) is 3.49. The van der Waals surface area contributed by atoms with E-state index in [2.05, 4.69) is 11.9 Å². The Kier molecular flexibility index (Phi) is 8.19. The van der Waals surface area contributed by atoms with Crippen molar-refractivity contribution >= 4 is 18.3 Å². The van der Waals surface area contributed by atoms with Gasteiger partial charge >= 0.3 is 0 Å². The van der Waals surface area contributed by atoms with E-state index in [1.807, 2.05) is 12.1 Å². The molecule has 0 bridgehead atoms. The van der Waals surface area contributed by atoms with Gasteiger partial charge in [0.1, 0.15) is 5.76 Å². The van der Waals surface area contributed by atoms with E-state index >= 15 is 0 Å². The van der Waals surface area contributed by atoms with E-state index < -0.39 is 0 Å². The molecule has 0 radical (unpaired) electrons. The van der Waals surface area contributed by atoms with Gasteiger partial charge in [-0.1, -0.05) is 6.08 Å². The minimum absolute atomic E-state index is 0. The standard InChI is InChI=1S/C12H18N2O2.ClH/c1-3-7-14(12(15)10-13-2)8-6-11-5-4-9-16-11;/h3-5,9,13H,1,6-8,10H2,2H3;1H. The molecule has 96 valence electrons. The topological polar surface area (TPSA) is 45.5 Å². The van der Waals surface area contributed by atoms with Gasteiger partial charge in [-0.15, -0.1) is 19.0 Å². The summed E-state index contributed by atoms with van der Waals surface area (Å²) in [6, 6.07) is 3.76. The average molecular weight is 259 g/mol. The predicted octanol–water partition coefficient (Wildman–Crippen LogP) is 1.48. The van der Waals surface area contributed by atoms with Crippen LogP contribution in [0.15, 0.2) is 35.5 Å². The van der Waals surface area contributed by atoms with Crippen molar-refractivity contribution in [2.75, 3.05) is 26.7 Å². The minimum Gasteiger partial charge on any atom is -0.469 e. The van der Waals surface area contributed by atoms with Gasteiger partial charge in [0.2, 0.25) is 5.91 Å². The molecule has 0 unspecified atom stereocenters. The quantitative estimate of drug-likeness (QED) is 0.754. The van der Waals surface area contributed by atoms with E-state index in [1.54, 1.807) is 24.3 Å². The van der Waals surface area contributed by atoms with Crippen LogP contribution in [-0.2, 0) is 11.2 Å². The summed E-state index contributed by atoms with van der Waals surface area (Å²) in [5.41, 5.74) is 0. The molecule has 1 amide bonds. The van der Waals surface area contributed by atoms with Gasteiger partial charge in [0, 0.05) is 19.5 Å². The van der Waals surface area contributed by atoms with Crippen LogP contribution < -0.4 is 5.32 Å². The Morgan fingerprint density at radius 1 is 1.65 bits per heavy atom. The number of halogens is 1. The highest BCUT2D eigenvalue weighted by molar-refractivity contribution is 5.85. The molecule has 1 aromatic heterocycles. The number of nitrogens with zero attached hydrogens (tertiary/aromatic N) is 1. The fraction of sp³-hybridized carbons (Fsp3) is 0.417. The normalized spacial score (nSPS) is 9.47. The van der Waals surface area contributed by atoms with Crippen molar-refractivity contribution in [1.82, 2.24) is 10.2 Å². The Morgan fingerprint density at radius 3 is 2.94 bits per heavy atom. The number of amides is 1. The van der Waals surface area contributed by atoms with Crippen LogP contribution in [0.3, 0.4) is 0 Å². The summed E-state index contributed by atoms with van der Waals surface area (Å²) in [5, 5.41) is 2.85. The lowest BCUT2D eigenvalue weighted by Gasteiger charge is -2.20. The third-order valence-corrected chi connectivity index (χ3v) is 2.24. The Bertz CT molecular complexity index is 325. The molecule has 17 heavy (non-hydrogen) atoms. The maximum Gasteiger partial charge on any atom is 0.236 e. The zero-order valence-corrected chi connectivity index (χ0v) is 10.8. The monoisotopic (exact) mass is 258 g/mol. The smallest absolute Gasteiger partial charge is 0.236 e. The molecule has 0 aliphatic rings. The highest BCUT2D eigenvalue weighted by Gasteiger charge is 2.11. The highest BCUT2D eigenvalue weighted by Crippen LogP contribution is 2.02. The van der Waals surface area contributed by atoms with E-state index in [9.17, 15) is 4.79 Å². The van der Waals surface area contributed by atoms with Crippen LogP contribution in [0.4, 0.5) is 0 Å². The fourth-order valence-electron chi connectivity index (χ4n) is 1.44. The van der Waals surface area contributed by atoms with Crippen LogP contribution in [0.1, 0.15) is 5.76 Å². The molecule has 1 aromatic rings.